The van der Waals surface area contributed by atoms with Crippen molar-refractivity contribution < 1.29 is 9.80 Å². The van der Waals surface area contributed by atoms with Crippen molar-refractivity contribution in [3.8, 4) is 0 Å². The van der Waals surface area contributed by atoms with E-state index in [2.05, 4.69) is 24.0 Å². The third-order valence-corrected chi connectivity index (χ3v) is 5.44. The number of hydrogen-bond acceptors (Lipinski definition) is 1. The molecule has 110 valence electrons. The van der Waals surface area contributed by atoms with Crippen LogP contribution < -0.4 is 9.80 Å². The van der Waals surface area contributed by atoms with Crippen LogP contribution >= 0.6 is 0 Å². The van der Waals surface area contributed by atoms with Gasteiger partial charge in [-0.25, -0.2) is 0 Å². The highest BCUT2D eigenvalue weighted by Gasteiger charge is 2.34. The van der Waals surface area contributed by atoms with Gasteiger partial charge in [0.2, 0.25) is 0 Å². The Morgan fingerprint density at radius 2 is 1.75 bits per heavy atom. The number of nitrogens with zero attached hydrogens (tertiary/aromatic N) is 1. The number of quaternary nitrogens is 2. The molecule has 20 heavy (non-hydrogen) atoms. The SMILES string of the molecule is C[C@@H]1CCCC[C@H]1[NH+]1CC[NH+](Cc2ccncc2)CC1. The molecule has 1 aromatic heterocycles. The summed E-state index contributed by atoms with van der Waals surface area (Å²) in [4.78, 5) is 7.76. The zero-order chi connectivity index (χ0) is 13.8. The van der Waals surface area contributed by atoms with Gasteiger partial charge in [-0.15, -0.1) is 0 Å². The molecular formula is C17H29N3+2. The van der Waals surface area contributed by atoms with Crippen LogP contribution in [0.25, 0.3) is 0 Å². The second-order valence-corrected chi connectivity index (χ2v) is 6.81. The van der Waals surface area contributed by atoms with Crippen molar-refractivity contribution in [3.05, 3.63) is 30.1 Å². The van der Waals surface area contributed by atoms with Gasteiger partial charge in [-0.2, -0.15) is 0 Å². The number of hydrogen-bond donors (Lipinski definition) is 2. The summed E-state index contributed by atoms with van der Waals surface area (Å²) in [7, 11) is 0. The first-order valence-electron chi connectivity index (χ1n) is 8.40. The Morgan fingerprint density at radius 1 is 1.05 bits per heavy atom. The van der Waals surface area contributed by atoms with Gasteiger partial charge in [0.1, 0.15) is 32.7 Å². The molecule has 2 aliphatic rings. The third-order valence-electron chi connectivity index (χ3n) is 5.44. The average Bonchev–Trinajstić information content (AvgIpc) is 2.50. The molecule has 0 radical (unpaired) electrons. The van der Waals surface area contributed by atoms with Crippen LogP contribution in [0.1, 0.15) is 38.2 Å². The van der Waals surface area contributed by atoms with Gasteiger partial charge in [-0.05, 0) is 31.4 Å². The smallest absolute Gasteiger partial charge is 0.127 e. The summed E-state index contributed by atoms with van der Waals surface area (Å²) in [5.41, 5.74) is 1.43. The molecule has 3 nitrogen and oxygen atoms in total. The van der Waals surface area contributed by atoms with E-state index in [1.807, 2.05) is 17.3 Å². The van der Waals surface area contributed by atoms with E-state index in [1.54, 1.807) is 4.90 Å². The number of piperazine rings is 1. The van der Waals surface area contributed by atoms with E-state index in [0.717, 1.165) is 12.0 Å². The molecule has 0 bridgehead atoms. The first kappa shape index (κ1) is 14.0. The van der Waals surface area contributed by atoms with Crippen LogP contribution in [0.4, 0.5) is 0 Å². The normalized spacial score (nSPS) is 34.9. The lowest BCUT2D eigenvalue weighted by Gasteiger charge is -2.39. The van der Waals surface area contributed by atoms with Crippen molar-refractivity contribution in [1.82, 2.24) is 4.98 Å². The largest absolute Gasteiger partial charge is 0.323 e. The molecule has 1 aliphatic carbocycles. The van der Waals surface area contributed by atoms with E-state index in [9.17, 15) is 0 Å². The molecule has 3 rings (SSSR count). The van der Waals surface area contributed by atoms with Gasteiger partial charge in [0.05, 0.1) is 6.04 Å². The fourth-order valence-corrected chi connectivity index (χ4v) is 4.18. The van der Waals surface area contributed by atoms with Crippen LogP contribution in [0.3, 0.4) is 0 Å². The fraction of sp³-hybridized carbons (Fsp3) is 0.706. The lowest BCUT2D eigenvalue weighted by molar-refractivity contribution is -1.03. The van der Waals surface area contributed by atoms with Gasteiger partial charge >= 0.3 is 0 Å². The maximum absolute atomic E-state index is 4.11. The summed E-state index contributed by atoms with van der Waals surface area (Å²) >= 11 is 0. The number of nitrogens with one attached hydrogen (secondary N) is 2. The molecule has 2 heterocycles. The Bertz CT molecular complexity index is 398. The monoisotopic (exact) mass is 275 g/mol. The van der Waals surface area contributed by atoms with Crippen molar-refractivity contribution in [2.75, 3.05) is 26.2 Å². The molecule has 0 amide bonds. The molecular weight excluding hydrogens is 246 g/mol. The van der Waals surface area contributed by atoms with E-state index in [-0.39, 0.29) is 0 Å². The summed E-state index contributed by atoms with van der Waals surface area (Å²) in [5, 5.41) is 0. The van der Waals surface area contributed by atoms with Gasteiger partial charge < -0.3 is 9.80 Å². The average molecular weight is 275 g/mol. The second kappa shape index (κ2) is 6.68. The topological polar surface area (TPSA) is 21.8 Å². The molecule has 0 aromatic carbocycles. The van der Waals surface area contributed by atoms with Crippen molar-refractivity contribution >= 4 is 0 Å². The Balaban J connectivity index is 1.49. The molecule has 2 N–H and O–H groups in total. The van der Waals surface area contributed by atoms with Crippen LogP contribution in [-0.4, -0.2) is 37.2 Å². The first-order chi connectivity index (χ1) is 9.83. The maximum atomic E-state index is 4.11. The predicted molar refractivity (Wildman–Crippen MR) is 80.8 cm³/mol. The quantitative estimate of drug-likeness (QED) is 0.793. The lowest BCUT2D eigenvalue weighted by Crippen LogP contribution is -3.29. The minimum atomic E-state index is 0.945. The fourth-order valence-electron chi connectivity index (χ4n) is 4.18. The van der Waals surface area contributed by atoms with Gasteiger partial charge in [-0.3, -0.25) is 4.98 Å². The van der Waals surface area contributed by atoms with E-state index >= 15 is 0 Å². The Labute approximate surface area is 123 Å². The van der Waals surface area contributed by atoms with Gasteiger partial charge in [0, 0.05) is 23.9 Å². The Morgan fingerprint density at radius 3 is 2.45 bits per heavy atom. The van der Waals surface area contributed by atoms with Crippen molar-refractivity contribution in [3.63, 3.8) is 0 Å². The maximum Gasteiger partial charge on any atom is 0.127 e. The molecule has 1 aromatic rings. The van der Waals surface area contributed by atoms with Crippen molar-refractivity contribution in [2.24, 2.45) is 5.92 Å². The zero-order valence-electron chi connectivity index (χ0n) is 12.8. The summed E-state index contributed by atoms with van der Waals surface area (Å²) < 4.78 is 0. The van der Waals surface area contributed by atoms with E-state index < -0.39 is 0 Å². The molecule has 2 atom stereocenters. The zero-order valence-corrected chi connectivity index (χ0v) is 12.8. The number of rotatable bonds is 3. The summed E-state index contributed by atoms with van der Waals surface area (Å²) in [6, 6.07) is 5.27. The van der Waals surface area contributed by atoms with Gasteiger partial charge in [0.15, 0.2) is 0 Å². The van der Waals surface area contributed by atoms with Crippen molar-refractivity contribution in [1.29, 1.82) is 0 Å². The molecule has 0 unspecified atom stereocenters. The summed E-state index contributed by atoms with van der Waals surface area (Å²) in [6.07, 6.45) is 9.69. The lowest BCUT2D eigenvalue weighted by atomic mass is 9.84. The molecule has 1 aliphatic heterocycles. The summed E-state index contributed by atoms with van der Waals surface area (Å²) in [6.45, 7) is 9.07. The Hall–Kier alpha value is -0.930. The molecule has 1 saturated heterocycles. The predicted octanol–water partition coefficient (Wildman–Crippen LogP) is -0.0563. The minimum absolute atomic E-state index is 0.945. The molecule has 1 saturated carbocycles. The summed E-state index contributed by atoms with van der Waals surface area (Å²) in [5.74, 6) is 0.945. The van der Waals surface area contributed by atoms with E-state index in [1.165, 1.54) is 64.0 Å². The highest BCUT2D eigenvalue weighted by Crippen LogP contribution is 2.21. The van der Waals surface area contributed by atoms with Crippen LogP contribution in [0.2, 0.25) is 0 Å². The van der Waals surface area contributed by atoms with E-state index in [4.69, 9.17) is 0 Å². The van der Waals surface area contributed by atoms with Gasteiger partial charge in [0.25, 0.3) is 0 Å². The molecule has 3 heteroatoms. The van der Waals surface area contributed by atoms with Crippen LogP contribution in [0.15, 0.2) is 24.5 Å². The van der Waals surface area contributed by atoms with Crippen molar-refractivity contribution in [2.45, 2.75) is 45.2 Å². The van der Waals surface area contributed by atoms with E-state index in [0.29, 0.717) is 0 Å². The standard InChI is InChI=1S/C17H27N3/c1-15-4-2-3-5-17(15)20-12-10-19(11-13-20)14-16-6-8-18-9-7-16/h6-9,15,17H,2-5,10-14H2,1H3/p+2/t15-,17-/m1/s1. The number of aromatic nitrogens is 1. The van der Waals surface area contributed by atoms with Crippen LogP contribution in [0.5, 0.6) is 0 Å². The van der Waals surface area contributed by atoms with Crippen LogP contribution in [-0.2, 0) is 6.54 Å². The minimum Gasteiger partial charge on any atom is -0.323 e. The third kappa shape index (κ3) is 3.39. The molecule has 0 spiro atoms. The second-order valence-electron chi connectivity index (χ2n) is 6.81. The Kier molecular flexibility index (Phi) is 4.69. The number of pyridine rings is 1. The van der Waals surface area contributed by atoms with Crippen LogP contribution in [0, 0.1) is 5.92 Å². The first-order valence-corrected chi connectivity index (χ1v) is 8.40. The van der Waals surface area contributed by atoms with Gasteiger partial charge in [-0.1, -0.05) is 13.3 Å². The molecule has 2 fully saturated rings. The highest BCUT2D eigenvalue weighted by atomic mass is 15.3. The highest BCUT2D eigenvalue weighted by molar-refractivity contribution is 5.07.